The molecule has 1 fully saturated rings. The Balaban J connectivity index is 1.98. The second-order valence-electron chi connectivity index (χ2n) is 5.97. The van der Waals surface area contributed by atoms with Crippen molar-refractivity contribution in [3.63, 3.8) is 0 Å². The van der Waals surface area contributed by atoms with Gasteiger partial charge in [-0.2, -0.15) is 0 Å². The standard InChI is InChI=1S/C17H22ClNO5/c1-23-10-8-17(16(21)22)7-4-9-19(12-17)15(20)11-24-14-6-3-2-5-13(14)18/h2-3,5-6H,4,7-12H2,1H3,(H,21,22). The Morgan fingerprint density at radius 2 is 2.12 bits per heavy atom. The van der Waals surface area contributed by atoms with Gasteiger partial charge in [0.2, 0.25) is 0 Å². The first-order valence-electron chi connectivity index (χ1n) is 7.86. The van der Waals surface area contributed by atoms with Crippen LogP contribution in [0.15, 0.2) is 24.3 Å². The fraction of sp³-hybridized carbons (Fsp3) is 0.529. The van der Waals surface area contributed by atoms with E-state index >= 15 is 0 Å². The third-order valence-electron chi connectivity index (χ3n) is 4.36. The zero-order chi connectivity index (χ0) is 17.6. The van der Waals surface area contributed by atoms with E-state index in [0.29, 0.717) is 43.2 Å². The number of methoxy groups -OCH3 is 1. The van der Waals surface area contributed by atoms with Crippen LogP contribution >= 0.6 is 11.6 Å². The Hall–Kier alpha value is -1.79. The number of carbonyl (C=O) groups excluding carboxylic acids is 1. The second-order valence-corrected chi connectivity index (χ2v) is 6.37. The van der Waals surface area contributed by atoms with Gasteiger partial charge in [0.05, 0.1) is 10.4 Å². The van der Waals surface area contributed by atoms with E-state index in [2.05, 4.69) is 0 Å². The van der Waals surface area contributed by atoms with E-state index in [1.807, 2.05) is 0 Å². The highest BCUT2D eigenvalue weighted by atomic mass is 35.5. The molecule has 1 aliphatic heterocycles. The summed E-state index contributed by atoms with van der Waals surface area (Å²) in [6, 6.07) is 6.92. The number of para-hydroxylation sites is 1. The lowest BCUT2D eigenvalue weighted by atomic mass is 9.77. The number of aliphatic carboxylic acids is 1. The molecule has 1 heterocycles. The van der Waals surface area contributed by atoms with Crippen molar-refractivity contribution < 1.29 is 24.2 Å². The zero-order valence-corrected chi connectivity index (χ0v) is 14.4. The lowest BCUT2D eigenvalue weighted by molar-refractivity contribution is -0.156. The number of likely N-dealkylation sites (tertiary alicyclic amines) is 1. The molecule has 1 aromatic rings. The lowest BCUT2D eigenvalue weighted by Crippen LogP contribution is -2.51. The number of piperidine rings is 1. The number of hydrogen-bond acceptors (Lipinski definition) is 4. The maximum atomic E-state index is 12.4. The summed E-state index contributed by atoms with van der Waals surface area (Å²) >= 11 is 6.00. The van der Waals surface area contributed by atoms with Crippen LogP contribution in [-0.4, -0.2) is 55.3 Å². The molecule has 1 aliphatic rings. The molecule has 1 atom stereocenters. The lowest BCUT2D eigenvalue weighted by Gasteiger charge is -2.39. The van der Waals surface area contributed by atoms with E-state index in [1.54, 1.807) is 36.3 Å². The van der Waals surface area contributed by atoms with E-state index < -0.39 is 11.4 Å². The van der Waals surface area contributed by atoms with E-state index in [1.165, 1.54) is 0 Å². The number of benzene rings is 1. The van der Waals surface area contributed by atoms with Gasteiger partial charge in [0, 0.05) is 26.8 Å². The summed E-state index contributed by atoms with van der Waals surface area (Å²) in [5.41, 5.74) is -0.950. The highest BCUT2D eigenvalue weighted by molar-refractivity contribution is 6.32. The molecular formula is C17H22ClNO5. The Labute approximate surface area is 146 Å². The number of carboxylic acid groups (broad SMARTS) is 1. The summed E-state index contributed by atoms with van der Waals surface area (Å²) in [7, 11) is 1.54. The van der Waals surface area contributed by atoms with Crippen molar-refractivity contribution in [3.8, 4) is 5.75 Å². The van der Waals surface area contributed by atoms with Gasteiger partial charge in [0.25, 0.3) is 5.91 Å². The van der Waals surface area contributed by atoms with Gasteiger partial charge in [-0.25, -0.2) is 0 Å². The summed E-state index contributed by atoms with van der Waals surface area (Å²) < 4.78 is 10.5. The first-order chi connectivity index (χ1) is 11.5. The van der Waals surface area contributed by atoms with E-state index in [-0.39, 0.29) is 19.1 Å². The molecule has 0 spiro atoms. The molecule has 0 bridgehead atoms. The Morgan fingerprint density at radius 1 is 1.38 bits per heavy atom. The molecule has 7 heteroatoms. The van der Waals surface area contributed by atoms with E-state index in [0.717, 1.165) is 0 Å². The van der Waals surface area contributed by atoms with Crippen LogP contribution in [0.3, 0.4) is 0 Å². The molecular weight excluding hydrogens is 334 g/mol. The molecule has 0 aromatic heterocycles. The Morgan fingerprint density at radius 3 is 2.79 bits per heavy atom. The second kappa shape index (κ2) is 8.35. The minimum Gasteiger partial charge on any atom is -0.482 e. The van der Waals surface area contributed by atoms with Crippen molar-refractivity contribution in [3.05, 3.63) is 29.3 Å². The zero-order valence-electron chi connectivity index (χ0n) is 13.7. The average Bonchev–Trinajstić information content (AvgIpc) is 2.59. The van der Waals surface area contributed by atoms with Crippen molar-refractivity contribution >= 4 is 23.5 Å². The first-order valence-corrected chi connectivity index (χ1v) is 8.24. The van der Waals surface area contributed by atoms with Crippen LogP contribution in [0.1, 0.15) is 19.3 Å². The molecule has 132 valence electrons. The molecule has 1 N–H and O–H groups in total. The summed E-state index contributed by atoms with van der Waals surface area (Å²) in [5.74, 6) is -0.685. The third-order valence-corrected chi connectivity index (χ3v) is 4.67. The van der Waals surface area contributed by atoms with Gasteiger partial charge in [0.1, 0.15) is 5.75 Å². The Bertz CT molecular complexity index is 594. The summed E-state index contributed by atoms with van der Waals surface area (Å²) in [6.07, 6.45) is 1.57. The number of rotatable bonds is 7. The minimum atomic E-state index is -0.950. The smallest absolute Gasteiger partial charge is 0.311 e. The molecule has 1 amide bonds. The Kier molecular flexibility index (Phi) is 6.45. The van der Waals surface area contributed by atoms with Crippen LogP contribution in [-0.2, 0) is 14.3 Å². The SMILES string of the molecule is COCCC1(C(=O)O)CCCN(C(=O)COc2ccccc2Cl)C1. The van der Waals surface area contributed by atoms with Gasteiger partial charge < -0.3 is 19.5 Å². The van der Waals surface area contributed by atoms with Gasteiger partial charge in [-0.1, -0.05) is 23.7 Å². The van der Waals surface area contributed by atoms with E-state index in [4.69, 9.17) is 21.1 Å². The van der Waals surface area contributed by atoms with Crippen molar-refractivity contribution in [2.24, 2.45) is 5.41 Å². The van der Waals surface area contributed by atoms with Crippen LogP contribution in [0.4, 0.5) is 0 Å². The summed E-state index contributed by atoms with van der Waals surface area (Å²) in [5, 5.41) is 10.1. The largest absolute Gasteiger partial charge is 0.482 e. The van der Waals surface area contributed by atoms with Crippen molar-refractivity contribution in [2.45, 2.75) is 19.3 Å². The van der Waals surface area contributed by atoms with Gasteiger partial charge >= 0.3 is 5.97 Å². The molecule has 0 radical (unpaired) electrons. The molecule has 6 nitrogen and oxygen atoms in total. The van der Waals surface area contributed by atoms with Crippen LogP contribution in [0.5, 0.6) is 5.75 Å². The molecule has 2 rings (SSSR count). The quantitative estimate of drug-likeness (QED) is 0.813. The minimum absolute atomic E-state index is 0.163. The van der Waals surface area contributed by atoms with Crippen LogP contribution in [0, 0.1) is 5.41 Å². The maximum Gasteiger partial charge on any atom is 0.311 e. The number of halogens is 1. The number of carbonyl (C=O) groups is 2. The van der Waals surface area contributed by atoms with Gasteiger partial charge in [-0.3, -0.25) is 9.59 Å². The predicted octanol–water partition coefficient (Wildman–Crippen LogP) is 2.45. The summed E-state index contributed by atoms with van der Waals surface area (Å²) in [6.45, 7) is 0.900. The van der Waals surface area contributed by atoms with Gasteiger partial charge in [-0.05, 0) is 31.4 Å². The molecule has 1 aromatic carbocycles. The number of nitrogens with zero attached hydrogens (tertiary/aromatic N) is 1. The van der Waals surface area contributed by atoms with Gasteiger partial charge in [-0.15, -0.1) is 0 Å². The number of hydrogen-bond donors (Lipinski definition) is 1. The first kappa shape index (κ1) is 18.5. The molecule has 24 heavy (non-hydrogen) atoms. The highest BCUT2D eigenvalue weighted by Gasteiger charge is 2.43. The van der Waals surface area contributed by atoms with E-state index in [9.17, 15) is 14.7 Å². The maximum absolute atomic E-state index is 12.4. The average molecular weight is 356 g/mol. The normalized spacial score (nSPS) is 20.7. The molecule has 1 unspecified atom stereocenters. The van der Waals surface area contributed by atoms with Crippen molar-refractivity contribution in [1.82, 2.24) is 4.90 Å². The van der Waals surface area contributed by atoms with Crippen LogP contribution < -0.4 is 4.74 Å². The molecule has 1 saturated heterocycles. The van der Waals surface area contributed by atoms with Crippen LogP contribution in [0.2, 0.25) is 5.02 Å². The number of ether oxygens (including phenoxy) is 2. The summed E-state index contributed by atoms with van der Waals surface area (Å²) in [4.78, 5) is 25.7. The van der Waals surface area contributed by atoms with Crippen molar-refractivity contribution in [2.75, 3.05) is 33.4 Å². The third kappa shape index (κ3) is 4.39. The predicted molar refractivity (Wildman–Crippen MR) is 89.3 cm³/mol. The fourth-order valence-electron chi connectivity index (χ4n) is 2.92. The van der Waals surface area contributed by atoms with Gasteiger partial charge in [0.15, 0.2) is 6.61 Å². The highest BCUT2D eigenvalue weighted by Crippen LogP contribution is 2.34. The number of amides is 1. The fourth-order valence-corrected chi connectivity index (χ4v) is 3.11. The topological polar surface area (TPSA) is 76.1 Å². The monoisotopic (exact) mass is 355 g/mol. The van der Waals surface area contributed by atoms with Crippen LogP contribution in [0.25, 0.3) is 0 Å². The van der Waals surface area contributed by atoms with Crippen molar-refractivity contribution in [1.29, 1.82) is 0 Å². The number of carboxylic acids is 1. The molecule has 0 saturated carbocycles. The molecule has 0 aliphatic carbocycles.